The van der Waals surface area contributed by atoms with E-state index in [4.69, 9.17) is 4.42 Å². The Kier molecular flexibility index (Phi) is 2.68. The lowest BCUT2D eigenvalue weighted by atomic mass is 10.2. The highest BCUT2D eigenvalue weighted by atomic mass is 32.1. The van der Waals surface area contributed by atoms with E-state index in [2.05, 4.69) is 15.0 Å². The molecule has 0 aliphatic heterocycles. The highest BCUT2D eigenvalue weighted by molar-refractivity contribution is 7.17. The Hall–Kier alpha value is -2.73. The van der Waals surface area contributed by atoms with E-state index in [0.29, 0.717) is 22.7 Å². The molecule has 0 aliphatic carbocycles. The Morgan fingerprint density at radius 2 is 2.14 bits per heavy atom. The van der Waals surface area contributed by atoms with Crippen LogP contribution in [-0.4, -0.2) is 15.0 Å². The standard InChI is InChI=1S/C15H9N3O2S/c19-14-12-9(11-5-3-7-20-11)8-21-15(12)18-13(17-14)10-4-1-2-6-16-10/h1-8H,(H,17,18,19). The molecule has 4 aromatic rings. The predicted molar refractivity (Wildman–Crippen MR) is 81.2 cm³/mol. The van der Waals surface area contributed by atoms with E-state index in [9.17, 15) is 4.79 Å². The van der Waals surface area contributed by atoms with Crippen LogP contribution in [0.25, 0.3) is 33.1 Å². The van der Waals surface area contributed by atoms with E-state index >= 15 is 0 Å². The summed E-state index contributed by atoms with van der Waals surface area (Å²) >= 11 is 1.45. The van der Waals surface area contributed by atoms with Gasteiger partial charge in [0.2, 0.25) is 0 Å². The van der Waals surface area contributed by atoms with Crippen molar-refractivity contribution in [3.05, 3.63) is 58.5 Å². The molecular formula is C15H9N3O2S. The molecule has 0 atom stereocenters. The monoisotopic (exact) mass is 295 g/mol. The molecule has 1 N–H and O–H groups in total. The average Bonchev–Trinajstić information content (AvgIpc) is 3.17. The van der Waals surface area contributed by atoms with Crippen LogP contribution in [-0.2, 0) is 0 Å². The molecule has 6 heteroatoms. The van der Waals surface area contributed by atoms with Crippen molar-refractivity contribution in [2.24, 2.45) is 0 Å². The van der Waals surface area contributed by atoms with E-state index < -0.39 is 0 Å². The summed E-state index contributed by atoms with van der Waals surface area (Å²) in [6, 6.07) is 9.11. The molecule has 0 amide bonds. The lowest BCUT2D eigenvalue weighted by molar-refractivity contribution is 0.583. The zero-order valence-electron chi connectivity index (χ0n) is 10.7. The first kappa shape index (κ1) is 12.0. The van der Waals surface area contributed by atoms with Gasteiger partial charge in [0, 0.05) is 17.1 Å². The second-order valence-corrected chi connectivity index (χ2v) is 5.32. The molecule has 0 aliphatic rings. The zero-order chi connectivity index (χ0) is 14.2. The first-order valence-electron chi connectivity index (χ1n) is 6.30. The van der Waals surface area contributed by atoms with Gasteiger partial charge in [-0.3, -0.25) is 9.78 Å². The van der Waals surface area contributed by atoms with E-state index in [1.165, 1.54) is 11.3 Å². The van der Waals surface area contributed by atoms with Crippen molar-refractivity contribution < 1.29 is 4.42 Å². The maximum atomic E-state index is 12.4. The van der Waals surface area contributed by atoms with E-state index in [-0.39, 0.29) is 5.56 Å². The van der Waals surface area contributed by atoms with Gasteiger partial charge in [-0.05, 0) is 24.3 Å². The van der Waals surface area contributed by atoms with Gasteiger partial charge in [-0.1, -0.05) is 6.07 Å². The molecule has 0 fully saturated rings. The van der Waals surface area contributed by atoms with Crippen LogP contribution in [0.1, 0.15) is 0 Å². The largest absolute Gasteiger partial charge is 0.464 e. The number of nitrogens with one attached hydrogen (secondary N) is 1. The van der Waals surface area contributed by atoms with Crippen molar-refractivity contribution >= 4 is 21.6 Å². The number of pyridine rings is 1. The predicted octanol–water partition coefficient (Wildman–Crippen LogP) is 3.31. The molecule has 102 valence electrons. The Morgan fingerprint density at radius 3 is 2.90 bits per heavy atom. The number of aromatic amines is 1. The molecule has 0 radical (unpaired) electrons. The van der Waals surface area contributed by atoms with Crippen LogP contribution < -0.4 is 5.56 Å². The number of fused-ring (bicyclic) bond motifs is 1. The number of nitrogens with zero attached hydrogens (tertiary/aromatic N) is 2. The normalized spacial score (nSPS) is 11.0. The maximum absolute atomic E-state index is 12.4. The van der Waals surface area contributed by atoms with Crippen LogP contribution in [0.2, 0.25) is 0 Å². The van der Waals surface area contributed by atoms with Gasteiger partial charge < -0.3 is 9.40 Å². The van der Waals surface area contributed by atoms with Gasteiger partial charge in [-0.2, -0.15) is 4.98 Å². The van der Waals surface area contributed by atoms with Crippen molar-refractivity contribution in [1.29, 1.82) is 0 Å². The number of hydrogen-bond donors (Lipinski definition) is 1. The summed E-state index contributed by atoms with van der Waals surface area (Å²) in [6.45, 7) is 0. The van der Waals surface area contributed by atoms with Crippen LogP contribution in [0.15, 0.2) is 57.4 Å². The lowest BCUT2D eigenvalue weighted by Crippen LogP contribution is -2.09. The third-order valence-corrected chi connectivity index (χ3v) is 4.04. The highest BCUT2D eigenvalue weighted by Gasteiger charge is 2.15. The summed E-state index contributed by atoms with van der Waals surface area (Å²) in [5.74, 6) is 1.14. The van der Waals surface area contributed by atoms with Crippen molar-refractivity contribution in [1.82, 2.24) is 15.0 Å². The average molecular weight is 295 g/mol. The molecule has 4 rings (SSSR count). The van der Waals surface area contributed by atoms with Crippen molar-refractivity contribution in [3.8, 4) is 22.8 Å². The summed E-state index contributed by atoms with van der Waals surface area (Å²) in [5, 5.41) is 2.44. The molecular weight excluding hydrogens is 286 g/mol. The maximum Gasteiger partial charge on any atom is 0.282 e. The van der Waals surface area contributed by atoms with Gasteiger partial charge in [0.05, 0.1) is 11.6 Å². The molecule has 4 heterocycles. The molecule has 0 spiro atoms. The molecule has 0 aromatic carbocycles. The summed E-state index contributed by atoms with van der Waals surface area (Å²) in [7, 11) is 0. The van der Waals surface area contributed by atoms with Gasteiger partial charge >= 0.3 is 0 Å². The first-order valence-corrected chi connectivity index (χ1v) is 7.18. The van der Waals surface area contributed by atoms with Crippen molar-refractivity contribution in [2.45, 2.75) is 0 Å². The van der Waals surface area contributed by atoms with E-state index in [1.807, 2.05) is 29.6 Å². The molecule has 0 saturated carbocycles. The molecule has 0 saturated heterocycles. The number of hydrogen-bond acceptors (Lipinski definition) is 5. The minimum absolute atomic E-state index is 0.281. The summed E-state index contributed by atoms with van der Waals surface area (Å²) in [6.07, 6.45) is 3.25. The van der Waals surface area contributed by atoms with Crippen LogP contribution in [0, 0.1) is 0 Å². The zero-order valence-corrected chi connectivity index (χ0v) is 11.6. The van der Waals surface area contributed by atoms with Gasteiger partial charge in [0.25, 0.3) is 5.56 Å². The van der Waals surface area contributed by atoms with Gasteiger partial charge in [-0.15, -0.1) is 11.3 Å². The van der Waals surface area contributed by atoms with Crippen molar-refractivity contribution in [3.63, 3.8) is 0 Å². The highest BCUT2D eigenvalue weighted by Crippen LogP contribution is 2.31. The fourth-order valence-corrected chi connectivity index (χ4v) is 3.13. The Morgan fingerprint density at radius 1 is 1.19 bits per heavy atom. The van der Waals surface area contributed by atoms with E-state index in [1.54, 1.807) is 18.5 Å². The lowest BCUT2D eigenvalue weighted by Gasteiger charge is -2.00. The molecule has 0 unspecified atom stereocenters. The number of thiophene rings is 1. The van der Waals surface area contributed by atoms with Crippen molar-refractivity contribution in [2.75, 3.05) is 0 Å². The minimum Gasteiger partial charge on any atom is -0.464 e. The molecule has 21 heavy (non-hydrogen) atoms. The third kappa shape index (κ3) is 1.96. The van der Waals surface area contributed by atoms with Crippen LogP contribution in [0.5, 0.6) is 0 Å². The first-order chi connectivity index (χ1) is 10.3. The summed E-state index contributed by atoms with van der Waals surface area (Å²) in [5.41, 5.74) is 1.13. The van der Waals surface area contributed by atoms with Gasteiger partial charge in [0.1, 0.15) is 16.3 Å². The molecule has 5 nitrogen and oxygen atoms in total. The number of furan rings is 1. The number of aromatic nitrogens is 3. The topological polar surface area (TPSA) is 71.8 Å². The third-order valence-electron chi connectivity index (χ3n) is 3.14. The van der Waals surface area contributed by atoms with Crippen LogP contribution >= 0.6 is 11.3 Å². The smallest absolute Gasteiger partial charge is 0.282 e. The van der Waals surface area contributed by atoms with E-state index in [0.717, 1.165) is 10.4 Å². The van der Waals surface area contributed by atoms with Gasteiger partial charge in [-0.25, -0.2) is 0 Å². The fraction of sp³-hybridized carbons (Fsp3) is 0. The van der Waals surface area contributed by atoms with Crippen LogP contribution in [0.4, 0.5) is 0 Å². The summed E-state index contributed by atoms with van der Waals surface area (Å²) < 4.78 is 5.37. The Bertz CT molecular complexity index is 956. The number of H-pyrrole nitrogens is 1. The molecule has 0 bridgehead atoms. The second-order valence-electron chi connectivity index (χ2n) is 4.44. The molecule has 4 aromatic heterocycles. The Labute approximate surface area is 122 Å². The number of rotatable bonds is 2. The minimum atomic E-state index is -0.281. The quantitative estimate of drug-likeness (QED) is 0.616. The second kappa shape index (κ2) is 4.68. The van der Waals surface area contributed by atoms with Crippen LogP contribution in [0.3, 0.4) is 0 Å². The van der Waals surface area contributed by atoms with Gasteiger partial charge in [0.15, 0.2) is 5.82 Å². The summed E-state index contributed by atoms with van der Waals surface area (Å²) in [4.78, 5) is 24.6. The fourth-order valence-electron chi connectivity index (χ4n) is 2.19. The Balaban J connectivity index is 1.96. The SMILES string of the molecule is O=c1nc(-c2ccccn2)[nH]c2scc(-c3ccco3)c12.